The van der Waals surface area contributed by atoms with Gasteiger partial charge in [0.25, 0.3) is 5.91 Å². The predicted molar refractivity (Wildman–Crippen MR) is 59.3 cm³/mol. The van der Waals surface area contributed by atoms with Gasteiger partial charge in [0, 0.05) is 12.6 Å². The van der Waals surface area contributed by atoms with Crippen LogP contribution in [0.15, 0.2) is 0 Å². The summed E-state index contributed by atoms with van der Waals surface area (Å²) in [4.78, 5) is 33.5. The molecule has 1 heterocycles. The first-order chi connectivity index (χ1) is 8.15. The molecule has 94 valence electrons. The van der Waals surface area contributed by atoms with Crippen molar-refractivity contribution in [1.82, 2.24) is 21.3 Å². The van der Waals surface area contributed by atoms with E-state index in [9.17, 15) is 14.4 Å². The maximum absolute atomic E-state index is 11.5. The van der Waals surface area contributed by atoms with Crippen LogP contribution in [0.4, 0.5) is 9.59 Å². The quantitative estimate of drug-likeness (QED) is 0.497. The molecule has 2 fully saturated rings. The third-order valence-corrected chi connectivity index (χ3v) is 3.02. The van der Waals surface area contributed by atoms with Crippen molar-refractivity contribution in [2.24, 2.45) is 0 Å². The Morgan fingerprint density at radius 1 is 1.29 bits per heavy atom. The molecule has 0 aromatic carbocycles. The first-order valence-corrected chi connectivity index (χ1v) is 5.81. The maximum atomic E-state index is 11.5. The van der Waals surface area contributed by atoms with Gasteiger partial charge in [0.05, 0.1) is 0 Å². The Morgan fingerprint density at radius 3 is 2.59 bits per heavy atom. The molecule has 1 aliphatic heterocycles. The monoisotopic (exact) mass is 240 g/mol. The Balaban J connectivity index is 1.69. The number of rotatable bonds is 3. The van der Waals surface area contributed by atoms with Crippen LogP contribution < -0.4 is 21.3 Å². The van der Waals surface area contributed by atoms with E-state index in [0.717, 1.165) is 25.7 Å². The van der Waals surface area contributed by atoms with Crippen molar-refractivity contribution in [2.75, 3.05) is 6.54 Å². The highest BCUT2D eigenvalue weighted by Gasteiger charge is 2.29. The Morgan fingerprint density at radius 2 is 2.00 bits per heavy atom. The molecule has 0 spiro atoms. The zero-order valence-corrected chi connectivity index (χ0v) is 9.41. The van der Waals surface area contributed by atoms with Crippen molar-refractivity contribution in [3.05, 3.63) is 0 Å². The molecule has 0 aromatic rings. The number of amides is 5. The van der Waals surface area contributed by atoms with Gasteiger partial charge in [-0.1, -0.05) is 12.8 Å². The number of urea groups is 2. The van der Waals surface area contributed by atoms with Gasteiger partial charge in [-0.3, -0.25) is 10.1 Å². The van der Waals surface area contributed by atoms with E-state index in [4.69, 9.17) is 0 Å². The molecule has 4 N–H and O–H groups in total. The van der Waals surface area contributed by atoms with Gasteiger partial charge >= 0.3 is 12.1 Å². The summed E-state index contributed by atoms with van der Waals surface area (Å²) in [5.41, 5.74) is 0. The van der Waals surface area contributed by atoms with E-state index in [0.29, 0.717) is 0 Å². The molecular formula is C10H16N4O3. The summed E-state index contributed by atoms with van der Waals surface area (Å²) in [6, 6.07) is -1.23. The number of carbonyl (C=O) groups excluding carboxylic acids is 3. The van der Waals surface area contributed by atoms with Crippen molar-refractivity contribution in [2.45, 2.75) is 37.8 Å². The van der Waals surface area contributed by atoms with E-state index < -0.39 is 18.0 Å². The number of imide groups is 1. The molecule has 7 heteroatoms. The molecule has 7 nitrogen and oxygen atoms in total. The normalized spacial score (nSPS) is 24.4. The average molecular weight is 240 g/mol. The van der Waals surface area contributed by atoms with E-state index in [1.165, 1.54) is 0 Å². The second-order valence-electron chi connectivity index (χ2n) is 4.35. The lowest BCUT2D eigenvalue weighted by Gasteiger charge is -2.14. The molecule has 5 amide bonds. The van der Waals surface area contributed by atoms with Gasteiger partial charge in [-0.15, -0.1) is 0 Å². The fourth-order valence-electron chi connectivity index (χ4n) is 2.10. The molecular weight excluding hydrogens is 224 g/mol. The molecule has 0 aromatic heterocycles. The lowest BCUT2D eigenvalue weighted by molar-refractivity contribution is -0.120. The number of nitrogens with one attached hydrogen (secondary N) is 4. The number of carbonyl (C=O) groups is 3. The smallest absolute Gasteiger partial charge is 0.322 e. The summed E-state index contributed by atoms with van der Waals surface area (Å²) in [6.07, 6.45) is 4.31. The lowest BCUT2D eigenvalue weighted by Crippen LogP contribution is -2.47. The van der Waals surface area contributed by atoms with E-state index in [1.807, 2.05) is 0 Å². The van der Waals surface area contributed by atoms with Crippen LogP contribution in [0.3, 0.4) is 0 Å². The van der Waals surface area contributed by atoms with E-state index >= 15 is 0 Å². The highest BCUT2D eigenvalue weighted by Crippen LogP contribution is 2.17. The summed E-state index contributed by atoms with van der Waals surface area (Å²) in [7, 11) is 0. The second-order valence-corrected chi connectivity index (χ2v) is 4.35. The standard InChI is InChI=1S/C10H16N4O3/c15-8-7(13-10(17)14-8)5-11-9(16)12-6-3-1-2-4-6/h6-7H,1-5H2,(H2,11,12,16)(H2,13,14,15,17). The minimum Gasteiger partial charge on any atom is -0.336 e. The molecule has 1 aliphatic carbocycles. The molecule has 0 radical (unpaired) electrons. The minimum atomic E-state index is -0.670. The molecule has 1 atom stereocenters. The Hall–Kier alpha value is -1.79. The summed E-state index contributed by atoms with van der Waals surface area (Å²) in [5, 5.41) is 9.92. The topological polar surface area (TPSA) is 99.3 Å². The largest absolute Gasteiger partial charge is 0.336 e. The van der Waals surface area contributed by atoms with Gasteiger partial charge < -0.3 is 16.0 Å². The van der Waals surface area contributed by atoms with Crippen LogP contribution >= 0.6 is 0 Å². The summed E-state index contributed by atoms with van der Waals surface area (Å²) in [5.74, 6) is -0.406. The highest BCUT2D eigenvalue weighted by molar-refractivity contribution is 6.04. The maximum Gasteiger partial charge on any atom is 0.322 e. The third-order valence-electron chi connectivity index (χ3n) is 3.02. The molecule has 2 aliphatic rings. The SMILES string of the molecule is O=C(NCC1NC(=O)NC1=O)NC1CCCC1. The lowest BCUT2D eigenvalue weighted by atomic mass is 10.2. The molecule has 1 saturated carbocycles. The Kier molecular flexibility index (Phi) is 3.46. The van der Waals surface area contributed by atoms with E-state index in [-0.39, 0.29) is 18.6 Å². The molecule has 1 unspecified atom stereocenters. The molecule has 1 saturated heterocycles. The van der Waals surface area contributed by atoms with Crippen LogP contribution in [0.1, 0.15) is 25.7 Å². The first-order valence-electron chi connectivity index (χ1n) is 5.81. The van der Waals surface area contributed by atoms with Crippen LogP contribution in [-0.2, 0) is 4.79 Å². The average Bonchev–Trinajstić information content (AvgIpc) is 2.86. The van der Waals surface area contributed by atoms with Gasteiger partial charge in [-0.25, -0.2) is 9.59 Å². The zero-order valence-electron chi connectivity index (χ0n) is 9.41. The summed E-state index contributed by atoms with van der Waals surface area (Å²) in [6.45, 7) is 0.107. The van der Waals surface area contributed by atoms with Crippen LogP contribution in [0.25, 0.3) is 0 Å². The van der Waals surface area contributed by atoms with Gasteiger partial charge in [-0.05, 0) is 12.8 Å². The van der Waals surface area contributed by atoms with Gasteiger partial charge in [0.1, 0.15) is 6.04 Å². The zero-order chi connectivity index (χ0) is 12.3. The van der Waals surface area contributed by atoms with Crippen molar-refractivity contribution < 1.29 is 14.4 Å². The van der Waals surface area contributed by atoms with E-state index in [2.05, 4.69) is 21.3 Å². The third kappa shape index (κ3) is 3.08. The van der Waals surface area contributed by atoms with Crippen molar-refractivity contribution in [1.29, 1.82) is 0 Å². The first kappa shape index (κ1) is 11.7. The number of hydrogen-bond donors (Lipinski definition) is 4. The predicted octanol–water partition coefficient (Wildman–Crippen LogP) is -0.564. The molecule has 17 heavy (non-hydrogen) atoms. The van der Waals surface area contributed by atoms with Crippen LogP contribution in [0, 0.1) is 0 Å². The van der Waals surface area contributed by atoms with E-state index in [1.54, 1.807) is 0 Å². The van der Waals surface area contributed by atoms with Gasteiger partial charge in [-0.2, -0.15) is 0 Å². The number of hydrogen-bond acceptors (Lipinski definition) is 3. The van der Waals surface area contributed by atoms with Crippen molar-refractivity contribution in [3.63, 3.8) is 0 Å². The van der Waals surface area contributed by atoms with Crippen molar-refractivity contribution >= 4 is 18.0 Å². The minimum absolute atomic E-state index is 0.107. The summed E-state index contributed by atoms with van der Waals surface area (Å²) < 4.78 is 0. The Labute approximate surface area is 98.7 Å². The highest BCUT2D eigenvalue weighted by atomic mass is 16.2. The Bertz CT molecular complexity index is 338. The van der Waals surface area contributed by atoms with Gasteiger partial charge in [0.2, 0.25) is 0 Å². The molecule has 2 rings (SSSR count). The summed E-state index contributed by atoms with van der Waals surface area (Å²) >= 11 is 0. The van der Waals surface area contributed by atoms with Crippen molar-refractivity contribution in [3.8, 4) is 0 Å². The fourth-order valence-corrected chi connectivity index (χ4v) is 2.10. The van der Waals surface area contributed by atoms with Gasteiger partial charge in [0.15, 0.2) is 0 Å². The molecule has 0 bridgehead atoms. The van der Waals surface area contributed by atoms with Crippen LogP contribution in [-0.4, -0.2) is 36.6 Å². The second kappa shape index (κ2) is 5.03. The fraction of sp³-hybridized carbons (Fsp3) is 0.700. The van der Waals surface area contributed by atoms with Crippen LogP contribution in [0.2, 0.25) is 0 Å². The van der Waals surface area contributed by atoms with Crippen LogP contribution in [0.5, 0.6) is 0 Å².